The third-order valence-electron chi connectivity index (χ3n) is 4.64. The number of benzene rings is 2. The number of guanidine groups is 1. The second-order valence-corrected chi connectivity index (χ2v) is 6.67. The molecule has 2 aromatic carbocycles. The third-order valence-corrected chi connectivity index (χ3v) is 4.64. The van der Waals surface area contributed by atoms with Crippen molar-refractivity contribution in [2.45, 2.75) is 38.5 Å². The number of para-hydroxylation sites is 1. The smallest absolute Gasteiger partial charge is 0.191 e. The van der Waals surface area contributed by atoms with E-state index < -0.39 is 0 Å². The molecule has 5 heteroatoms. The first-order chi connectivity index (χ1) is 13.3. The van der Waals surface area contributed by atoms with Crippen LogP contribution in [0.1, 0.15) is 30.4 Å². The van der Waals surface area contributed by atoms with Crippen LogP contribution in [-0.4, -0.2) is 32.3 Å². The van der Waals surface area contributed by atoms with Gasteiger partial charge in [0, 0.05) is 25.7 Å². The molecule has 0 unspecified atom stereocenters. The minimum atomic E-state index is 0.380. The van der Waals surface area contributed by atoms with Crippen LogP contribution < -0.4 is 15.4 Å². The maximum Gasteiger partial charge on any atom is 0.191 e. The SMILES string of the molecule is CN=C(NCCOCc1ccccc1)NCc1ccccc1OC1CCC1. The molecule has 0 aromatic heterocycles. The highest BCUT2D eigenvalue weighted by Gasteiger charge is 2.20. The molecule has 0 heterocycles. The van der Waals surface area contributed by atoms with Crippen molar-refractivity contribution in [1.82, 2.24) is 10.6 Å². The first-order valence-corrected chi connectivity index (χ1v) is 9.66. The molecule has 2 aromatic rings. The van der Waals surface area contributed by atoms with Crippen molar-refractivity contribution in [2.75, 3.05) is 20.2 Å². The molecule has 144 valence electrons. The van der Waals surface area contributed by atoms with Crippen molar-refractivity contribution >= 4 is 5.96 Å². The molecule has 0 atom stereocenters. The van der Waals surface area contributed by atoms with Crippen LogP contribution in [0.4, 0.5) is 0 Å². The number of aliphatic imine (C=N–C) groups is 1. The molecule has 0 aliphatic heterocycles. The predicted molar refractivity (Wildman–Crippen MR) is 109 cm³/mol. The molecule has 2 N–H and O–H groups in total. The summed E-state index contributed by atoms with van der Waals surface area (Å²) >= 11 is 0. The van der Waals surface area contributed by atoms with Crippen molar-refractivity contribution in [2.24, 2.45) is 4.99 Å². The summed E-state index contributed by atoms with van der Waals surface area (Å²) in [6, 6.07) is 18.4. The Morgan fingerprint density at radius 1 is 1.04 bits per heavy atom. The van der Waals surface area contributed by atoms with Crippen LogP contribution in [0.2, 0.25) is 0 Å². The third kappa shape index (κ3) is 6.29. The highest BCUT2D eigenvalue weighted by atomic mass is 16.5. The van der Waals surface area contributed by atoms with Gasteiger partial charge >= 0.3 is 0 Å². The summed E-state index contributed by atoms with van der Waals surface area (Å²) in [5, 5.41) is 6.63. The molecule has 5 nitrogen and oxygen atoms in total. The second-order valence-electron chi connectivity index (χ2n) is 6.67. The number of rotatable bonds is 9. The lowest BCUT2D eigenvalue weighted by Crippen LogP contribution is -2.38. The standard InChI is InChI=1S/C22H29N3O2/c1-23-22(24-14-15-26-17-18-8-3-2-4-9-18)25-16-19-10-5-6-13-21(19)27-20-11-7-12-20/h2-6,8-10,13,20H,7,11-12,14-17H2,1H3,(H2,23,24,25). The van der Waals surface area contributed by atoms with Gasteiger partial charge in [0.2, 0.25) is 0 Å². The Balaban J connectivity index is 1.38. The average Bonchev–Trinajstić information content (AvgIpc) is 2.68. The van der Waals surface area contributed by atoms with E-state index in [0.29, 0.717) is 32.4 Å². The number of hydrogen-bond donors (Lipinski definition) is 2. The maximum atomic E-state index is 6.08. The Hall–Kier alpha value is -2.53. The summed E-state index contributed by atoms with van der Waals surface area (Å²) < 4.78 is 11.8. The van der Waals surface area contributed by atoms with E-state index >= 15 is 0 Å². The Labute approximate surface area is 161 Å². The fourth-order valence-electron chi connectivity index (χ4n) is 2.84. The van der Waals surface area contributed by atoms with Gasteiger partial charge in [0.25, 0.3) is 0 Å². The van der Waals surface area contributed by atoms with Gasteiger partial charge in [-0.2, -0.15) is 0 Å². The number of ether oxygens (including phenoxy) is 2. The highest BCUT2D eigenvalue weighted by Crippen LogP contribution is 2.27. The normalized spacial score (nSPS) is 14.5. The number of nitrogens with one attached hydrogen (secondary N) is 2. The second kappa shape index (κ2) is 10.6. The van der Waals surface area contributed by atoms with Gasteiger partial charge in [-0.3, -0.25) is 4.99 Å². The lowest BCUT2D eigenvalue weighted by Gasteiger charge is -2.27. The summed E-state index contributed by atoms with van der Waals surface area (Å²) in [6.07, 6.45) is 3.97. The fraction of sp³-hybridized carbons (Fsp3) is 0.409. The van der Waals surface area contributed by atoms with Crippen molar-refractivity contribution in [1.29, 1.82) is 0 Å². The average molecular weight is 367 g/mol. The van der Waals surface area contributed by atoms with Gasteiger partial charge in [0.15, 0.2) is 5.96 Å². The van der Waals surface area contributed by atoms with E-state index in [0.717, 1.165) is 30.1 Å². The van der Waals surface area contributed by atoms with Crippen LogP contribution >= 0.6 is 0 Å². The van der Waals surface area contributed by atoms with Crippen LogP contribution in [0.3, 0.4) is 0 Å². The van der Waals surface area contributed by atoms with Crippen molar-refractivity contribution < 1.29 is 9.47 Å². The van der Waals surface area contributed by atoms with Crippen molar-refractivity contribution in [3.63, 3.8) is 0 Å². The van der Waals surface area contributed by atoms with E-state index in [1.165, 1.54) is 12.0 Å². The Morgan fingerprint density at radius 2 is 1.81 bits per heavy atom. The molecule has 1 aliphatic rings. The molecule has 3 rings (SSSR count). The molecule has 1 aliphatic carbocycles. The predicted octanol–water partition coefficient (Wildman–Crippen LogP) is 3.50. The molecule has 0 radical (unpaired) electrons. The van der Waals surface area contributed by atoms with Gasteiger partial charge in [-0.25, -0.2) is 0 Å². The molecular weight excluding hydrogens is 338 g/mol. The van der Waals surface area contributed by atoms with E-state index in [2.05, 4.69) is 33.8 Å². The zero-order chi connectivity index (χ0) is 18.7. The summed E-state index contributed by atoms with van der Waals surface area (Å²) in [7, 11) is 1.77. The van der Waals surface area contributed by atoms with Crippen LogP contribution in [-0.2, 0) is 17.9 Å². The summed E-state index contributed by atoms with van der Waals surface area (Å²) in [5.41, 5.74) is 2.33. The first-order valence-electron chi connectivity index (χ1n) is 9.66. The zero-order valence-electron chi connectivity index (χ0n) is 16.0. The minimum absolute atomic E-state index is 0.380. The van der Waals surface area contributed by atoms with Gasteiger partial charge in [0.05, 0.1) is 19.3 Å². The summed E-state index contributed by atoms with van der Waals surface area (Å²) in [4.78, 5) is 4.27. The van der Waals surface area contributed by atoms with E-state index in [1.54, 1.807) is 7.05 Å². The van der Waals surface area contributed by atoms with Gasteiger partial charge < -0.3 is 20.1 Å². The maximum absolute atomic E-state index is 6.08. The van der Waals surface area contributed by atoms with Crippen LogP contribution in [0.15, 0.2) is 59.6 Å². The van der Waals surface area contributed by atoms with E-state index in [-0.39, 0.29) is 0 Å². The molecule has 0 bridgehead atoms. The van der Waals surface area contributed by atoms with Crippen molar-refractivity contribution in [3.05, 3.63) is 65.7 Å². The van der Waals surface area contributed by atoms with Crippen molar-refractivity contribution in [3.8, 4) is 5.75 Å². The molecule has 1 fully saturated rings. The summed E-state index contributed by atoms with van der Waals surface area (Å²) in [6.45, 7) is 2.62. The molecule has 0 saturated heterocycles. The van der Waals surface area contributed by atoms with E-state index in [1.807, 2.05) is 36.4 Å². The van der Waals surface area contributed by atoms with Crippen LogP contribution in [0.5, 0.6) is 5.75 Å². The molecular formula is C22H29N3O2. The van der Waals surface area contributed by atoms with Crippen LogP contribution in [0.25, 0.3) is 0 Å². The van der Waals surface area contributed by atoms with Gasteiger partial charge in [-0.05, 0) is 30.9 Å². The van der Waals surface area contributed by atoms with Gasteiger partial charge in [-0.1, -0.05) is 48.5 Å². The van der Waals surface area contributed by atoms with E-state index in [9.17, 15) is 0 Å². The quantitative estimate of drug-likeness (QED) is 0.405. The minimum Gasteiger partial charge on any atom is -0.490 e. The largest absolute Gasteiger partial charge is 0.490 e. The lowest BCUT2D eigenvalue weighted by molar-refractivity contribution is 0.119. The lowest BCUT2D eigenvalue weighted by atomic mass is 9.96. The number of nitrogens with zero attached hydrogens (tertiary/aromatic N) is 1. The highest BCUT2D eigenvalue weighted by molar-refractivity contribution is 5.79. The van der Waals surface area contributed by atoms with Gasteiger partial charge in [0.1, 0.15) is 5.75 Å². The molecule has 0 spiro atoms. The summed E-state index contributed by atoms with van der Waals surface area (Å²) in [5.74, 6) is 1.73. The monoisotopic (exact) mass is 367 g/mol. The Kier molecular flexibility index (Phi) is 7.54. The van der Waals surface area contributed by atoms with E-state index in [4.69, 9.17) is 9.47 Å². The zero-order valence-corrected chi connectivity index (χ0v) is 16.0. The topological polar surface area (TPSA) is 54.9 Å². The fourth-order valence-corrected chi connectivity index (χ4v) is 2.84. The Morgan fingerprint density at radius 3 is 2.56 bits per heavy atom. The number of hydrogen-bond acceptors (Lipinski definition) is 3. The molecule has 1 saturated carbocycles. The van der Waals surface area contributed by atoms with Crippen LogP contribution in [0, 0.1) is 0 Å². The Bertz CT molecular complexity index is 715. The molecule has 27 heavy (non-hydrogen) atoms. The first kappa shape index (κ1) is 19.2. The molecule has 0 amide bonds. The van der Waals surface area contributed by atoms with Gasteiger partial charge in [-0.15, -0.1) is 0 Å².